The van der Waals surface area contributed by atoms with E-state index in [9.17, 15) is 27.1 Å². The number of benzene rings is 2. The summed E-state index contributed by atoms with van der Waals surface area (Å²) in [6.45, 7) is 5.07. The zero-order chi connectivity index (χ0) is 20.9. The van der Waals surface area contributed by atoms with Crippen molar-refractivity contribution < 1.29 is 27.1 Å². The lowest BCUT2D eigenvalue weighted by molar-refractivity contribution is 0.0697. The van der Waals surface area contributed by atoms with Gasteiger partial charge in [-0.1, -0.05) is 13.3 Å². The van der Waals surface area contributed by atoms with Crippen molar-refractivity contribution in [3.05, 3.63) is 53.6 Å². The lowest BCUT2D eigenvalue weighted by Crippen LogP contribution is -2.26. The molecule has 0 atom stereocenters. The number of hydrogen-bond donors (Lipinski definition) is 2. The standard InChI is InChI=1S/C19H22F2N2O4S/c1-3-5-10-23(4-2)17-9-6-13(19(24)25)11-16(17)22-28(26,27)18-12-14(20)7-8-15(18)21/h6-9,11-12,22H,3-5,10H2,1-2H3,(H,24,25). The summed E-state index contributed by atoms with van der Waals surface area (Å²) in [7, 11) is -4.48. The average molecular weight is 412 g/mol. The number of nitrogens with zero attached hydrogens (tertiary/aromatic N) is 1. The number of aromatic carboxylic acids is 1. The molecule has 0 fully saturated rings. The predicted molar refractivity (Wildman–Crippen MR) is 103 cm³/mol. The van der Waals surface area contributed by atoms with Gasteiger partial charge in [0.2, 0.25) is 0 Å². The molecule has 0 aromatic heterocycles. The molecule has 2 rings (SSSR count). The highest BCUT2D eigenvalue weighted by molar-refractivity contribution is 7.92. The van der Waals surface area contributed by atoms with Crippen LogP contribution >= 0.6 is 0 Å². The largest absolute Gasteiger partial charge is 0.478 e. The molecule has 0 unspecified atom stereocenters. The van der Waals surface area contributed by atoms with Crippen LogP contribution in [0.2, 0.25) is 0 Å². The third kappa shape index (κ3) is 4.98. The number of sulfonamides is 1. The summed E-state index contributed by atoms with van der Waals surface area (Å²) < 4.78 is 54.9. The van der Waals surface area contributed by atoms with Gasteiger partial charge in [-0.05, 0) is 49.7 Å². The highest BCUT2D eigenvalue weighted by Crippen LogP contribution is 2.30. The van der Waals surface area contributed by atoms with E-state index in [0.717, 1.165) is 25.0 Å². The predicted octanol–water partition coefficient (Wildman–Crippen LogP) is 4.09. The minimum atomic E-state index is -4.48. The van der Waals surface area contributed by atoms with Crippen LogP contribution in [-0.2, 0) is 10.0 Å². The molecule has 0 heterocycles. The molecular formula is C19H22F2N2O4S. The SMILES string of the molecule is CCCCN(CC)c1ccc(C(=O)O)cc1NS(=O)(=O)c1cc(F)ccc1F. The first kappa shape index (κ1) is 21.6. The van der Waals surface area contributed by atoms with E-state index >= 15 is 0 Å². The molecule has 6 nitrogen and oxygen atoms in total. The van der Waals surface area contributed by atoms with Crippen molar-refractivity contribution in [1.29, 1.82) is 0 Å². The Hall–Kier alpha value is -2.68. The third-order valence-corrected chi connectivity index (χ3v) is 5.56. The molecule has 0 aliphatic heterocycles. The molecule has 0 bridgehead atoms. The first-order valence-corrected chi connectivity index (χ1v) is 10.3. The Balaban J connectivity index is 2.53. The van der Waals surface area contributed by atoms with Gasteiger partial charge in [0, 0.05) is 13.1 Å². The number of anilines is 2. The maximum atomic E-state index is 14.0. The number of carbonyl (C=O) groups is 1. The maximum absolute atomic E-state index is 14.0. The Bertz CT molecular complexity index is 964. The summed E-state index contributed by atoms with van der Waals surface area (Å²) in [5.74, 6) is -3.25. The van der Waals surface area contributed by atoms with E-state index in [-0.39, 0.29) is 11.3 Å². The Kier molecular flexibility index (Phi) is 6.95. The summed E-state index contributed by atoms with van der Waals surface area (Å²) in [5.41, 5.74) is 0.315. The highest BCUT2D eigenvalue weighted by atomic mass is 32.2. The molecule has 0 saturated carbocycles. The van der Waals surface area contributed by atoms with Gasteiger partial charge in [0.05, 0.1) is 16.9 Å². The molecule has 28 heavy (non-hydrogen) atoms. The lowest BCUT2D eigenvalue weighted by atomic mass is 10.1. The first-order valence-electron chi connectivity index (χ1n) is 8.79. The second-order valence-corrected chi connectivity index (χ2v) is 7.80. The van der Waals surface area contributed by atoms with Crippen molar-refractivity contribution in [1.82, 2.24) is 0 Å². The van der Waals surface area contributed by atoms with Gasteiger partial charge in [-0.25, -0.2) is 22.0 Å². The zero-order valence-corrected chi connectivity index (χ0v) is 16.4. The first-order chi connectivity index (χ1) is 13.2. The van der Waals surface area contributed by atoms with E-state index in [0.29, 0.717) is 24.8 Å². The number of carboxylic acids is 1. The van der Waals surface area contributed by atoms with Gasteiger partial charge in [0.25, 0.3) is 10.0 Å². The smallest absolute Gasteiger partial charge is 0.335 e. The third-order valence-electron chi connectivity index (χ3n) is 4.17. The minimum absolute atomic E-state index is 0.0125. The monoisotopic (exact) mass is 412 g/mol. The number of nitrogens with one attached hydrogen (secondary N) is 1. The molecule has 2 N–H and O–H groups in total. The van der Waals surface area contributed by atoms with Gasteiger partial charge in [0.1, 0.15) is 16.5 Å². The topological polar surface area (TPSA) is 86.7 Å². The lowest BCUT2D eigenvalue weighted by Gasteiger charge is -2.26. The van der Waals surface area contributed by atoms with Crippen LogP contribution in [0.5, 0.6) is 0 Å². The Morgan fingerprint density at radius 3 is 2.46 bits per heavy atom. The number of hydrogen-bond acceptors (Lipinski definition) is 4. The quantitative estimate of drug-likeness (QED) is 0.648. The minimum Gasteiger partial charge on any atom is -0.478 e. The van der Waals surface area contributed by atoms with Crippen molar-refractivity contribution in [2.24, 2.45) is 0 Å². The molecule has 0 saturated heterocycles. The van der Waals surface area contributed by atoms with Crippen molar-refractivity contribution in [2.75, 3.05) is 22.7 Å². The Labute approximate surface area is 162 Å². The number of rotatable bonds is 9. The van der Waals surface area contributed by atoms with Crippen LogP contribution < -0.4 is 9.62 Å². The molecule has 0 aliphatic rings. The van der Waals surface area contributed by atoms with Gasteiger partial charge in [-0.15, -0.1) is 0 Å². The van der Waals surface area contributed by atoms with Crippen LogP contribution in [0.25, 0.3) is 0 Å². The number of carboxylic acid groups (broad SMARTS) is 1. The fraction of sp³-hybridized carbons (Fsp3) is 0.316. The molecule has 0 amide bonds. The van der Waals surface area contributed by atoms with Gasteiger partial charge < -0.3 is 10.0 Å². The van der Waals surface area contributed by atoms with E-state index < -0.39 is 32.5 Å². The average Bonchev–Trinajstić information content (AvgIpc) is 2.64. The fourth-order valence-electron chi connectivity index (χ4n) is 2.71. The van der Waals surface area contributed by atoms with Crippen LogP contribution in [-0.4, -0.2) is 32.6 Å². The second kappa shape index (κ2) is 9.01. The van der Waals surface area contributed by atoms with E-state index in [4.69, 9.17) is 0 Å². The molecule has 0 radical (unpaired) electrons. The van der Waals surface area contributed by atoms with E-state index in [2.05, 4.69) is 4.72 Å². The molecular weight excluding hydrogens is 390 g/mol. The van der Waals surface area contributed by atoms with E-state index in [1.807, 2.05) is 18.7 Å². The van der Waals surface area contributed by atoms with Gasteiger partial charge >= 0.3 is 5.97 Å². The van der Waals surface area contributed by atoms with Gasteiger partial charge in [-0.3, -0.25) is 4.72 Å². The maximum Gasteiger partial charge on any atom is 0.335 e. The number of unbranched alkanes of at least 4 members (excludes halogenated alkanes) is 1. The van der Waals surface area contributed by atoms with Crippen molar-refractivity contribution in [3.63, 3.8) is 0 Å². The molecule has 152 valence electrons. The van der Waals surface area contributed by atoms with E-state index in [1.165, 1.54) is 18.2 Å². The summed E-state index contributed by atoms with van der Waals surface area (Å²) in [6.07, 6.45) is 1.76. The van der Waals surface area contributed by atoms with Crippen molar-refractivity contribution in [3.8, 4) is 0 Å². The summed E-state index contributed by atoms with van der Waals surface area (Å²) in [4.78, 5) is 12.3. The normalized spacial score (nSPS) is 11.3. The number of halogens is 2. The van der Waals surface area contributed by atoms with Crippen LogP contribution in [0.3, 0.4) is 0 Å². The highest BCUT2D eigenvalue weighted by Gasteiger charge is 2.23. The Morgan fingerprint density at radius 1 is 1.14 bits per heavy atom. The summed E-state index contributed by atoms with van der Waals surface area (Å²) >= 11 is 0. The molecule has 2 aromatic rings. The van der Waals surface area contributed by atoms with Crippen LogP contribution in [0.1, 0.15) is 37.0 Å². The van der Waals surface area contributed by atoms with Gasteiger partial charge in [-0.2, -0.15) is 0 Å². The summed E-state index contributed by atoms with van der Waals surface area (Å²) in [6, 6.07) is 6.15. The van der Waals surface area contributed by atoms with Crippen LogP contribution in [0.4, 0.5) is 20.2 Å². The van der Waals surface area contributed by atoms with Crippen molar-refractivity contribution in [2.45, 2.75) is 31.6 Å². The second-order valence-electron chi connectivity index (χ2n) is 6.15. The fourth-order valence-corrected chi connectivity index (χ4v) is 3.86. The van der Waals surface area contributed by atoms with Crippen LogP contribution in [0, 0.1) is 11.6 Å². The molecule has 9 heteroatoms. The van der Waals surface area contributed by atoms with Crippen LogP contribution in [0.15, 0.2) is 41.3 Å². The summed E-state index contributed by atoms with van der Waals surface area (Å²) in [5, 5.41) is 9.23. The molecule has 2 aromatic carbocycles. The zero-order valence-electron chi connectivity index (χ0n) is 15.6. The van der Waals surface area contributed by atoms with Crippen molar-refractivity contribution >= 4 is 27.4 Å². The van der Waals surface area contributed by atoms with E-state index in [1.54, 1.807) is 0 Å². The van der Waals surface area contributed by atoms with Gasteiger partial charge in [0.15, 0.2) is 0 Å². The molecule has 0 spiro atoms. The Morgan fingerprint density at radius 2 is 1.86 bits per heavy atom. The molecule has 0 aliphatic carbocycles.